The lowest BCUT2D eigenvalue weighted by Gasteiger charge is -2.22. The lowest BCUT2D eigenvalue weighted by Crippen LogP contribution is -2.44. The molecule has 0 saturated heterocycles. The maximum Gasteiger partial charge on any atom is 0.408 e. The third-order valence-electron chi connectivity index (χ3n) is 4.07. The molecular weight excluding hydrogens is 400 g/mol. The number of rotatable bonds is 8. The summed E-state index contributed by atoms with van der Waals surface area (Å²) in [6, 6.07) is 15.3. The van der Waals surface area contributed by atoms with Gasteiger partial charge in [0, 0.05) is 13.0 Å². The smallest absolute Gasteiger partial charge is 0.408 e. The molecule has 0 aliphatic rings. The molecule has 1 atom stereocenters. The second-order valence-corrected chi connectivity index (χ2v) is 7.98. The number of alkyl carbamates (subject to hydrolysis) is 2. The third kappa shape index (κ3) is 9.20. The van der Waals surface area contributed by atoms with Crippen LogP contribution in [0.2, 0.25) is 0 Å². The molecule has 3 N–H and O–H groups in total. The van der Waals surface area contributed by atoms with Crippen LogP contribution in [0.25, 0.3) is 0 Å². The monoisotopic (exact) mass is 428 g/mol. The number of aliphatic carboxylic acids is 1. The molecule has 2 aromatic rings. The van der Waals surface area contributed by atoms with Crippen molar-refractivity contribution in [1.82, 2.24) is 10.6 Å². The fraction of sp³-hybridized carbons (Fsp3) is 0.348. The van der Waals surface area contributed by atoms with E-state index in [1.165, 1.54) is 0 Å². The van der Waals surface area contributed by atoms with Crippen molar-refractivity contribution in [2.24, 2.45) is 0 Å². The number of hydrogen-bond donors (Lipinski definition) is 3. The highest BCUT2D eigenvalue weighted by molar-refractivity contribution is 5.80. The van der Waals surface area contributed by atoms with Crippen LogP contribution < -0.4 is 10.6 Å². The van der Waals surface area contributed by atoms with E-state index in [4.69, 9.17) is 9.47 Å². The summed E-state index contributed by atoms with van der Waals surface area (Å²) >= 11 is 0. The highest BCUT2D eigenvalue weighted by Gasteiger charge is 2.24. The number of amides is 2. The molecule has 8 heteroatoms. The van der Waals surface area contributed by atoms with Crippen LogP contribution in [0, 0.1) is 0 Å². The van der Waals surface area contributed by atoms with Crippen molar-refractivity contribution in [2.75, 3.05) is 0 Å². The minimum atomic E-state index is -1.17. The summed E-state index contributed by atoms with van der Waals surface area (Å²) in [7, 11) is 0. The largest absolute Gasteiger partial charge is 0.480 e. The van der Waals surface area contributed by atoms with Gasteiger partial charge in [-0.25, -0.2) is 14.4 Å². The highest BCUT2D eigenvalue weighted by Crippen LogP contribution is 2.11. The van der Waals surface area contributed by atoms with Crippen molar-refractivity contribution in [3.8, 4) is 0 Å². The standard InChI is InChI=1S/C23H28N2O6/c1-23(2,3)31-22(29)25-19(20(26)27)13-17-10-7-11-18(12-17)14-24-21(28)30-15-16-8-5-4-6-9-16/h4-12,19H,13-15H2,1-3H3,(H,24,28)(H,25,29)(H,26,27)/t19-/m1/s1. The molecule has 2 amide bonds. The molecule has 0 bridgehead atoms. The number of benzene rings is 2. The number of carbonyl (C=O) groups excluding carboxylic acids is 2. The molecule has 0 radical (unpaired) electrons. The maximum absolute atomic E-state index is 11.9. The number of nitrogens with one attached hydrogen (secondary N) is 2. The molecule has 2 aromatic carbocycles. The molecule has 0 saturated carbocycles. The molecule has 2 rings (SSSR count). The average molecular weight is 428 g/mol. The van der Waals surface area contributed by atoms with Crippen LogP contribution in [0.4, 0.5) is 9.59 Å². The zero-order chi connectivity index (χ0) is 22.9. The summed E-state index contributed by atoms with van der Waals surface area (Å²) in [5, 5.41) is 14.5. The van der Waals surface area contributed by atoms with Gasteiger partial charge in [0.15, 0.2) is 0 Å². The summed E-state index contributed by atoms with van der Waals surface area (Å²) in [6.45, 7) is 5.49. The van der Waals surface area contributed by atoms with E-state index >= 15 is 0 Å². The Morgan fingerprint density at radius 3 is 2.23 bits per heavy atom. The van der Waals surface area contributed by atoms with E-state index in [0.29, 0.717) is 5.56 Å². The molecule has 8 nitrogen and oxygen atoms in total. The Hall–Kier alpha value is -3.55. The second kappa shape index (κ2) is 11.0. The minimum absolute atomic E-state index is 0.0703. The Kier molecular flexibility index (Phi) is 8.43. The topological polar surface area (TPSA) is 114 Å². The Morgan fingerprint density at radius 1 is 0.935 bits per heavy atom. The van der Waals surface area contributed by atoms with Crippen LogP contribution in [0.15, 0.2) is 54.6 Å². The molecule has 0 unspecified atom stereocenters. The quantitative estimate of drug-likeness (QED) is 0.592. The van der Waals surface area contributed by atoms with Crippen LogP contribution in [-0.4, -0.2) is 34.9 Å². The molecular formula is C23H28N2O6. The molecule has 31 heavy (non-hydrogen) atoms. The summed E-state index contributed by atoms with van der Waals surface area (Å²) in [6.07, 6.45) is -1.27. The number of carboxylic acids is 1. The Balaban J connectivity index is 1.88. The van der Waals surface area contributed by atoms with E-state index in [2.05, 4.69) is 10.6 Å². The zero-order valence-electron chi connectivity index (χ0n) is 17.9. The molecule has 0 aliphatic heterocycles. The van der Waals surface area contributed by atoms with Crippen molar-refractivity contribution in [1.29, 1.82) is 0 Å². The van der Waals surface area contributed by atoms with Gasteiger partial charge in [0.2, 0.25) is 0 Å². The van der Waals surface area contributed by atoms with Crippen molar-refractivity contribution in [2.45, 2.75) is 52.0 Å². The fourth-order valence-electron chi connectivity index (χ4n) is 2.70. The number of ether oxygens (including phenoxy) is 2. The molecule has 0 fully saturated rings. The fourth-order valence-corrected chi connectivity index (χ4v) is 2.70. The van der Waals surface area contributed by atoms with Gasteiger partial charge in [-0.05, 0) is 37.5 Å². The van der Waals surface area contributed by atoms with E-state index < -0.39 is 29.8 Å². The SMILES string of the molecule is CC(C)(C)OC(=O)N[C@H](Cc1cccc(CNC(=O)OCc2ccccc2)c1)C(=O)O. The van der Waals surface area contributed by atoms with Gasteiger partial charge >= 0.3 is 18.2 Å². The second-order valence-electron chi connectivity index (χ2n) is 7.98. The summed E-state index contributed by atoms with van der Waals surface area (Å²) in [5.74, 6) is -1.17. The van der Waals surface area contributed by atoms with Gasteiger partial charge < -0.3 is 25.2 Å². The predicted molar refractivity (Wildman–Crippen MR) is 114 cm³/mol. The average Bonchev–Trinajstić information content (AvgIpc) is 2.70. The summed E-state index contributed by atoms with van der Waals surface area (Å²) in [4.78, 5) is 35.4. The predicted octanol–water partition coefficient (Wildman–Crippen LogP) is 3.63. The van der Waals surface area contributed by atoms with Crippen LogP contribution in [-0.2, 0) is 33.8 Å². The first-order chi connectivity index (χ1) is 14.6. The summed E-state index contributed by atoms with van der Waals surface area (Å²) < 4.78 is 10.3. The molecule has 0 heterocycles. The van der Waals surface area contributed by atoms with E-state index in [9.17, 15) is 19.5 Å². The van der Waals surface area contributed by atoms with Crippen molar-refractivity contribution < 1.29 is 29.0 Å². The first-order valence-corrected chi connectivity index (χ1v) is 9.87. The third-order valence-corrected chi connectivity index (χ3v) is 4.07. The summed E-state index contributed by atoms with van der Waals surface area (Å²) in [5.41, 5.74) is 1.63. The molecule has 0 spiro atoms. The van der Waals surface area contributed by atoms with Gasteiger partial charge in [0.25, 0.3) is 0 Å². The molecule has 0 aromatic heterocycles. The van der Waals surface area contributed by atoms with E-state index in [1.807, 2.05) is 30.3 Å². The Morgan fingerprint density at radius 2 is 1.58 bits per heavy atom. The van der Waals surface area contributed by atoms with E-state index in [0.717, 1.165) is 11.1 Å². The van der Waals surface area contributed by atoms with Gasteiger partial charge in [-0.1, -0.05) is 54.6 Å². The zero-order valence-corrected chi connectivity index (χ0v) is 17.9. The van der Waals surface area contributed by atoms with Crippen LogP contribution >= 0.6 is 0 Å². The molecule has 166 valence electrons. The number of carboxylic acid groups (broad SMARTS) is 1. The first-order valence-electron chi connectivity index (χ1n) is 9.87. The minimum Gasteiger partial charge on any atom is -0.480 e. The first kappa shape index (κ1) is 23.7. The van der Waals surface area contributed by atoms with Crippen molar-refractivity contribution in [3.05, 3.63) is 71.3 Å². The maximum atomic E-state index is 11.9. The highest BCUT2D eigenvalue weighted by atomic mass is 16.6. The van der Waals surface area contributed by atoms with Gasteiger partial charge in [-0.15, -0.1) is 0 Å². The molecule has 0 aliphatic carbocycles. The van der Waals surface area contributed by atoms with Crippen LogP contribution in [0.1, 0.15) is 37.5 Å². The van der Waals surface area contributed by atoms with Gasteiger partial charge in [0.1, 0.15) is 18.2 Å². The van der Waals surface area contributed by atoms with Gasteiger partial charge in [-0.2, -0.15) is 0 Å². The van der Waals surface area contributed by atoms with E-state index in [-0.39, 0.29) is 19.6 Å². The number of carbonyl (C=O) groups is 3. The van der Waals surface area contributed by atoms with Crippen LogP contribution in [0.3, 0.4) is 0 Å². The number of hydrogen-bond acceptors (Lipinski definition) is 5. The Bertz CT molecular complexity index is 892. The Labute approximate surface area is 181 Å². The van der Waals surface area contributed by atoms with Crippen LogP contribution in [0.5, 0.6) is 0 Å². The lowest BCUT2D eigenvalue weighted by atomic mass is 10.0. The van der Waals surface area contributed by atoms with Gasteiger partial charge in [-0.3, -0.25) is 0 Å². The van der Waals surface area contributed by atoms with Crippen molar-refractivity contribution in [3.63, 3.8) is 0 Å². The van der Waals surface area contributed by atoms with Crippen molar-refractivity contribution >= 4 is 18.2 Å². The van der Waals surface area contributed by atoms with Gasteiger partial charge in [0.05, 0.1) is 0 Å². The lowest BCUT2D eigenvalue weighted by molar-refractivity contribution is -0.139. The normalized spacial score (nSPS) is 11.8. The van der Waals surface area contributed by atoms with E-state index in [1.54, 1.807) is 45.0 Å².